The smallest absolute Gasteiger partial charge is 0.101 e. The van der Waals surface area contributed by atoms with Crippen molar-refractivity contribution in [1.82, 2.24) is 9.80 Å². The van der Waals surface area contributed by atoms with Crippen molar-refractivity contribution in [2.45, 2.75) is 213 Å². The van der Waals surface area contributed by atoms with Gasteiger partial charge < -0.3 is 9.80 Å². The lowest BCUT2D eigenvalue weighted by Gasteiger charge is -2.33. The lowest BCUT2D eigenvalue weighted by molar-refractivity contribution is 0.135. The molecule has 39 heavy (non-hydrogen) atoms. The van der Waals surface area contributed by atoms with Gasteiger partial charge in [0.25, 0.3) is 0 Å². The van der Waals surface area contributed by atoms with E-state index < -0.39 is 0 Å². The van der Waals surface area contributed by atoms with Gasteiger partial charge >= 0.3 is 0 Å². The second-order valence-electron chi connectivity index (χ2n) is 12.9. The molecule has 0 saturated heterocycles. The number of unbranched alkanes of at least 4 members (excludes halogenated alkanes) is 25. The van der Waals surface area contributed by atoms with Crippen LogP contribution >= 0.6 is 0 Å². The monoisotopic (exact) mass is 547 g/mol. The average molecular weight is 547 g/mol. The molecule has 0 fully saturated rings. The van der Waals surface area contributed by atoms with Gasteiger partial charge in [0, 0.05) is 25.5 Å². The van der Waals surface area contributed by atoms with E-state index in [0.717, 1.165) is 0 Å². The van der Waals surface area contributed by atoms with Gasteiger partial charge in [-0.3, -0.25) is 0 Å². The number of hydrogen-bond acceptors (Lipinski definition) is 2. The Kier molecular flexibility index (Phi) is 26.9. The molecular weight excluding hydrogens is 472 g/mol. The molecule has 0 aromatic rings. The minimum atomic E-state index is 0.642. The van der Waals surface area contributed by atoms with Gasteiger partial charge in [-0.25, -0.2) is 0 Å². The summed E-state index contributed by atoms with van der Waals surface area (Å²) in [6.45, 7) is 9.47. The highest BCUT2D eigenvalue weighted by atomic mass is 15.4. The highest BCUT2D eigenvalue weighted by Crippen LogP contribution is 2.24. The highest BCUT2D eigenvalue weighted by molar-refractivity contribution is 4.97. The Morgan fingerprint density at radius 2 is 0.590 bits per heavy atom. The molecule has 1 atom stereocenters. The molecule has 0 aromatic heterocycles. The first-order valence-electron chi connectivity index (χ1n) is 18.5. The van der Waals surface area contributed by atoms with E-state index in [-0.39, 0.29) is 0 Å². The third-order valence-corrected chi connectivity index (χ3v) is 9.07. The van der Waals surface area contributed by atoms with E-state index in [4.69, 9.17) is 0 Å². The van der Waals surface area contributed by atoms with Crippen LogP contribution in [0.2, 0.25) is 0 Å². The largest absolute Gasteiger partial charge is 0.356 e. The van der Waals surface area contributed by atoms with Crippen molar-refractivity contribution >= 4 is 0 Å². The molecule has 1 heterocycles. The molecule has 1 rings (SSSR count). The van der Waals surface area contributed by atoms with Gasteiger partial charge in [-0.1, -0.05) is 181 Å². The molecule has 232 valence electrons. The summed E-state index contributed by atoms with van der Waals surface area (Å²) in [4.78, 5) is 5.39. The number of rotatable bonds is 31. The Balaban J connectivity index is 2.10. The zero-order chi connectivity index (χ0) is 28.1. The van der Waals surface area contributed by atoms with E-state index in [2.05, 4.69) is 43.0 Å². The molecule has 0 saturated carbocycles. The van der Waals surface area contributed by atoms with Crippen molar-refractivity contribution in [3.05, 3.63) is 12.4 Å². The molecule has 0 spiro atoms. The first-order valence-corrected chi connectivity index (χ1v) is 18.5. The fourth-order valence-corrected chi connectivity index (χ4v) is 6.36. The lowest BCUT2D eigenvalue weighted by Crippen LogP contribution is -2.39. The van der Waals surface area contributed by atoms with Gasteiger partial charge in [0.15, 0.2) is 0 Å². The molecule has 1 aliphatic rings. The summed E-state index contributed by atoms with van der Waals surface area (Å²) in [5, 5.41) is 0. The molecule has 0 radical (unpaired) electrons. The molecular formula is C37H74N2. The van der Waals surface area contributed by atoms with Crippen molar-refractivity contribution in [1.29, 1.82) is 0 Å². The third-order valence-electron chi connectivity index (χ3n) is 9.07. The predicted octanol–water partition coefficient (Wildman–Crippen LogP) is 12.8. The number of hydrogen-bond donors (Lipinski definition) is 0. The third kappa shape index (κ3) is 21.7. The molecule has 1 unspecified atom stereocenters. The first-order chi connectivity index (χ1) is 19.3. The predicted molar refractivity (Wildman–Crippen MR) is 177 cm³/mol. The molecule has 0 N–H and O–H groups in total. The maximum Gasteiger partial charge on any atom is 0.101 e. The molecule has 0 aliphatic carbocycles. The van der Waals surface area contributed by atoms with Crippen LogP contribution in [0.25, 0.3) is 0 Å². The van der Waals surface area contributed by atoms with Crippen LogP contribution in [-0.4, -0.2) is 29.1 Å². The van der Waals surface area contributed by atoms with E-state index in [1.54, 1.807) is 0 Å². The zero-order valence-electron chi connectivity index (χ0n) is 27.5. The molecule has 0 bridgehead atoms. The quantitative estimate of drug-likeness (QED) is 0.0798. The average Bonchev–Trinajstić information content (AvgIpc) is 3.33. The molecule has 0 amide bonds. The van der Waals surface area contributed by atoms with Gasteiger partial charge in [0.05, 0.1) is 0 Å². The lowest BCUT2D eigenvalue weighted by atomic mass is 10.0. The van der Waals surface area contributed by atoms with Crippen LogP contribution in [0.5, 0.6) is 0 Å². The summed E-state index contributed by atoms with van der Waals surface area (Å²) < 4.78 is 0. The minimum absolute atomic E-state index is 0.642. The molecule has 2 nitrogen and oxygen atoms in total. The molecule has 2 heteroatoms. The van der Waals surface area contributed by atoms with Gasteiger partial charge in [-0.15, -0.1) is 0 Å². The van der Waals surface area contributed by atoms with E-state index >= 15 is 0 Å². The van der Waals surface area contributed by atoms with Gasteiger partial charge in [0.1, 0.15) is 6.17 Å². The first kappa shape index (κ1) is 36.4. The molecule has 1 aliphatic heterocycles. The second-order valence-corrected chi connectivity index (χ2v) is 12.9. The summed E-state index contributed by atoms with van der Waals surface area (Å²) >= 11 is 0. The summed E-state index contributed by atoms with van der Waals surface area (Å²) in [5.41, 5.74) is 0. The standard InChI is InChI=1S/C37H74N2/c1-4-7-10-13-15-16-17-18-19-20-21-22-23-25-28-31-34-39-36-35-38(33-30-27-12-9-6-3)37(39)32-29-26-24-14-11-8-5-2/h35-37H,4-34H2,1-3H3. The van der Waals surface area contributed by atoms with E-state index in [1.165, 1.54) is 199 Å². The van der Waals surface area contributed by atoms with E-state index in [9.17, 15) is 0 Å². The summed E-state index contributed by atoms with van der Waals surface area (Å²) in [5.74, 6) is 0. The Hall–Kier alpha value is -0.660. The van der Waals surface area contributed by atoms with Crippen molar-refractivity contribution in [2.75, 3.05) is 13.1 Å². The second kappa shape index (κ2) is 28.9. The summed E-state index contributed by atoms with van der Waals surface area (Å²) in [7, 11) is 0. The zero-order valence-corrected chi connectivity index (χ0v) is 27.5. The topological polar surface area (TPSA) is 6.48 Å². The van der Waals surface area contributed by atoms with Crippen molar-refractivity contribution < 1.29 is 0 Å². The SMILES string of the molecule is CCCCCCCCCCCCCCCCCCN1C=CN(CCCCCCC)C1CCCCCCCCC. The summed E-state index contributed by atoms with van der Waals surface area (Å²) in [6.07, 6.45) is 47.0. The highest BCUT2D eigenvalue weighted by Gasteiger charge is 2.24. The van der Waals surface area contributed by atoms with Gasteiger partial charge in [-0.2, -0.15) is 0 Å². The number of nitrogens with zero attached hydrogens (tertiary/aromatic N) is 2. The maximum atomic E-state index is 2.70. The minimum Gasteiger partial charge on any atom is -0.356 e. The van der Waals surface area contributed by atoms with Crippen LogP contribution in [-0.2, 0) is 0 Å². The Bertz CT molecular complexity index is 502. The Morgan fingerprint density at radius 1 is 0.333 bits per heavy atom. The van der Waals surface area contributed by atoms with Crippen molar-refractivity contribution in [3.8, 4) is 0 Å². The fraction of sp³-hybridized carbons (Fsp3) is 0.946. The fourth-order valence-electron chi connectivity index (χ4n) is 6.36. The van der Waals surface area contributed by atoms with Crippen LogP contribution < -0.4 is 0 Å². The van der Waals surface area contributed by atoms with Crippen LogP contribution in [0.1, 0.15) is 207 Å². The van der Waals surface area contributed by atoms with Crippen LogP contribution in [0, 0.1) is 0 Å². The molecule has 0 aromatic carbocycles. The van der Waals surface area contributed by atoms with Crippen molar-refractivity contribution in [3.63, 3.8) is 0 Å². The van der Waals surface area contributed by atoms with Crippen molar-refractivity contribution in [2.24, 2.45) is 0 Å². The van der Waals surface area contributed by atoms with Crippen LogP contribution in [0.3, 0.4) is 0 Å². The van der Waals surface area contributed by atoms with Crippen LogP contribution in [0.4, 0.5) is 0 Å². The maximum absolute atomic E-state index is 2.70. The van der Waals surface area contributed by atoms with Gasteiger partial charge in [-0.05, 0) is 25.7 Å². The Morgan fingerprint density at radius 3 is 0.897 bits per heavy atom. The summed E-state index contributed by atoms with van der Waals surface area (Å²) in [6, 6.07) is 0. The van der Waals surface area contributed by atoms with Gasteiger partial charge in [0.2, 0.25) is 0 Å². The Labute approximate surface area is 248 Å². The normalized spacial score (nSPS) is 15.2. The van der Waals surface area contributed by atoms with E-state index in [0.29, 0.717) is 6.17 Å². The van der Waals surface area contributed by atoms with Crippen LogP contribution in [0.15, 0.2) is 12.4 Å². The van der Waals surface area contributed by atoms with E-state index in [1.807, 2.05) is 0 Å².